The number of hydrogen-bond acceptors (Lipinski definition) is 3. The molecular formula is C21H14O3. The molecule has 4 aromatic rings. The van der Waals surface area contributed by atoms with Crippen LogP contribution < -0.4 is 5.43 Å². The molecule has 0 bridgehead atoms. The van der Waals surface area contributed by atoms with Gasteiger partial charge in [0.05, 0.1) is 10.9 Å². The van der Waals surface area contributed by atoms with Crippen molar-refractivity contribution in [3.05, 3.63) is 94.3 Å². The van der Waals surface area contributed by atoms with E-state index in [0.717, 1.165) is 5.56 Å². The minimum atomic E-state index is -0.230. The van der Waals surface area contributed by atoms with Crippen LogP contribution >= 0.6 is 0 Å². The Morgan fingerprint density at radius 1 is 0.792 bits per heavy atom. The third-order valence-electron chi connectivity index (χ3n) is 4.61. The smallest absolute Gasteiger partial charge is 0.198 e. The zero-order valence-electron chi connectivity index (χ0n) is 12.8. The molecule has 0 radical (unpaired) electrons. The van der Waals surface area contributed by atoms with E-state index in [1.165, 1.54) is 17.0 Å². The lowest BCUT2D eigenvalue weighted by Gasteiger charge is -2.01. The zero-order valence-corrected chi connectivity index (χ0v) is 12.8. The molecule has 3 aromatic carbocycles. The van der Waals surface area contributed by atoms with Gasteiger partial charge in [-0.1, -0.05) is 48.5 Å². The third kappa shape index (κ3) is 2.06. The lowest BCUT2D eigenvalue weighted by Crippen LogP contribution is -2.08. The quantitative estimate of drug-likeness (QED) is 0.501. The highest BCUT2D eigenvalue weighted by molar-refractivity contribution is 5.83. The largest absolute Gasteiger partial charge is 0.464 e. The van der Waals surface area contributed by atoms with Crippen LogP contribution in [-0.4, -0.2) is 0 Å². The zero-order chi connectivity index (χ0) is 16.1. The van der Waals surface area contributed by atoms with Crippen LogP contribution in [0.5, 0.6) is 0 Å². The van der Waals surface area contributed by atoms with E-state index in [0.29, 0.717) is 16.5 Å². The number of epoxide rings is 1. The van der Waals surface area contributed by atoms with Crippen molar-refractivity contribution in [3.8, 4) is 0 Å². The lowest BCUT2D eigenvalue weighted by atomic mass is 10.0. The minimum Gasteiger partial charge on any atom is -0.464 e. The highest BCUT2D eigenvalue weighted by Gasteiger charge is 2.43. The molecule has 1 saturated heterocycles. The first-order valence-electron chi connectivity index (χ1n) is 7.96. The molecule has 24 heavy (non-hydrogen) atoms. The van der Waals surface area contributed by atoms with Gasteiger partial charge in [0.1, 0.15) is 24.1 Å². The van der Waals surface area contributed by atoms with E-state index in [2.05, 4.69) is 30.3 Å². The third-order valence-corrected chi connectivity index (χ3v) is 4.61. The summed E-state index contributed by atoms with van der Waals surface area (Å²) in [5.41, 5.74) is 2.28. The van der Waals surface area contributed by atoms with Gasteiger partial charge in [-0.05, 0) is 34.5 Å². The summed E-state index contributed by atoms with van der Waals surface area (Å²) in [6.07, 6.45) is 1.22. The Balaban J connectivity index is 1.53. The first-order chi connectivity index (χ1) is 11.8. The molecule has 0 N–H and O–H groups in total. The highest BCUT2D eigenvalue weighted by Crippen LogP contribution is 2.50. The Morgan fingerprint density at radius 2 is 1.58 bits per heavy atom. The minimum absolute atomic E-state index is 0.00913. The summed E-state index contributed by atoms with van der Waals surface area (Å²) < 4.78 is 11.4. The maximum Gasteiger partial charge on any atom is 0.198 e. The maximum atomic E-state index is 12.7. The van der Waals surface area contributed by atoms with E-state index in [1.54, 1.807) is 12.1 Å². The van der Waals surface area contributed by atoms with Gasteiger partial charge in [0.2, 0.25) is 0 Å². The van der Waals surface area contributed by atoms with Crippen molar-refractivity contribution in [3.63, 3.8) is 0 Å². The first-order valence-corrected chi connectivity index (χ1v) is 7.96. The Kier molecular flexibility index (Phi) is 2.84. The van der Waals surface area contributed by atoms with Gasteiger partial charge < -0.3 is 9.15 Å². The van der Waals surface area contributed by atoms with E-state index in [4.69, 9.17) is 9.15 Å². The molecule has 1 aromatic heterocycles. The van der Waals surface area contributed by atoms with Crippen molar-refractivity contribution in [2.24, 2.45) is 0 Å². The summed E-state index contributed by atoms with van der Waals surface area (Å²) in [6.45, 7) is 0. The van der Waals surface area contributed by atoms with Crippen molar-refractivity contribution in [2.45, 2.75) is 12.2 Å². The maximum absolute atomic E-state index is 12.7. The van der Waals surface area contributed by atoms with Crippen LogP contribution in [0.25, 0.3) is 21.7 Å². The van der Waals surface area contributed by atoms with Gasteiger partial charge in [0.25, 0.3) is 0 Å². The average molecular weight is 314 g/mol. The Labute approximate surface area is 138 Å². The number of para-hydroxylation sites is 1. The summed E-state index contributed by atoms with van der Waals surface area (Å²) in [6, 6.07) is 21.8. The van der Waals surface area contributed by atoms with Gasteiger partial charge in [-0.2, -0.15) is 0 Å². The molecule has 2 atom stereocenters. The molecule has 2 unspecified atom stereocenters. The van der Waals surface area contributed by atoms with E-state index in [-0.39, 0.29) is 17.6 Å². The van der Waals surface area contributed by atoms with Gasteiger partial charge in [-0.25, -0.2) is 0 Å². The first kappa shape index (κ1) is 13.5. The predicted octanol–water partition coefficient (Wildman–Crippen LogP) is 4.76. The SMILES string of the molecule is O=c1c(C2OC2c2ccc3ccccc3c2)coc2ccccc12. The Bertz CT molecular complexity index is 1130. The number of ether oxygens (including phenoxy) is 1. The molecule has 1 aliphatic rings. The van der Waals surface area contributed by atoms with Crippen LogP contribution in [0.2, 0.25) is 0 Å². The van der Waals surface area contributed by atoms with E-state index < -0.39 is 0 Å². The number of benzene rings is 3. The second-order valence-corrected chi connectivity index (χ2v) is 6.10. The summed E-state index contributed by atoms with van der Waals surface area (Å²) in [5, 5.41) is 2.97. The molecule has 0 saturated carbocycles. The molecule has 0 aliphatic carbocycles. The molecule has 116 valence electrons. The van der Waals surface area contributed by atoms with Crippen molar-refractivity contribution >= 4 is 21.7 Å². The van der Waals surface area contributed by atoms with Gasteiger partial charge in [-0.3, -0.25) is 4.79 Å². The summed E-state index contributed by atoms with van der Waals surface area (Å²) >= 11 is 0. The van der Waals surface area contributed by atoms with Gasteiger partial charge in [0.15, 0.2) is 5.43 Å². The van der Waals surface area contributed by atoms with Gasteiger partial charge in [-0.15, -0.1) is 0 Å². The Morgan fingerprint density at radius 3 is 2.50 bits per heavy atom. The van der Waals surface area contributed by atoms with Crippen LogP contribution in [0.3, 0.4) is 0 Å². The number of fused-ring (bicyclic) bond motifs is 2. The van der Waals surface area contributed by atoms with Gasteiger partial charge >= 0.3 is 0 Å². The fourth-order valence-corrected chi connectivity index (χ4v) is 3.28. The fraction of sp³-hybridized carbons (Fsp3) is 0.0952. The standard InChI is InChI=1S/C21H14O3/c22-19-16-7-3-4-8-18(16)23-12-17(19)21-20(24-21)15-10-9-13-5-1-2-6-14(13)11-15/h1-12,20-21H. The van der Waals surface area contributed by atoms with Crippen LogP contribution in [0, 0.1) is 0 Å². The van der Waals surface area contributed by atoms with Gasteiger partial charge in [0, 0.05) is 0 Å². The molecule has 3 heteroatoms. The van der Waals surface area contributed by atoms with Crippen molar-refractivity contribution < 1.29 is 9.15 Å². The molecule has 1 aliphatic heterocycles. The molecule has 2 heterocycles. The monoisotopic (exact) mass is 314 g/mol. The molecular weight excluding hydrogens is 300 g/mol. The molecule has 3 nitrogen and oxygen atoms in total. The van der Waals surface area contributed by atoms with Crippen molar-refractivity contribution in [1.82, 2.24) is 0 Å². The fourth-order valence-electron chi connectivity index (χ4n) is 3.28. The van der Waals surface area contributed by atoms with Crippen LogP contribution in [-0.2, 0) is 4.74 Å². The topological polar surface area (TPSA) is 42.7 Å². The van der Waals surface area contributed by atoms with Crippen molar-refractivity contribution in [1.29, 1.82) is 0 Å². The molecule has 5 rings (SSSR count). The van der Waals surface area contributed by atoms with E-state index in [9.17, 15) is 4.79 Å². The highest BCUT2D eigenvalue weighted by atomic mass is 16.6. The molecule has 1 fully saturated rings. The summed E-state index contributed by atoms with van der Waals surface area (Å²) in [4.78, 5) is 12.7. The average Bonchev–Trinajstić information content (AvgIpc) is 3.42. The predicted molar refractivity (Wildman–Crippen MR) is 93.0 cm³/mol. The van der Waals surface area contributed by atoms with Crippen LogP contribution in [0.1, 0.15) is 23.3 Å². The molecule has 0 amide bonds. The number of rotatable bonds is 2. The number of hydrogen-bond donors (Lipinski definition) is 0. The molecule has 0 spiro atoms. The second-order valence-electron chi connectivity index (χ2n) is 6.10. The van der Waals surface area contributed by atoms with Crippen LogP contribution in [0.15, 0.2) is 82.2 Å². The van der Waals surface area contributed by atoms with Crippen molar-refractivity contribution in [2.75, 3.05) is 0 Å². The lowest BCUT2D eigenvalue weighted by molar-refractivity contribution is 0.374. The normalized spacial score (nSPS) is 19.7. The second kappa shape index (κ2) is 5.05. The van der Waals surface area contributed by atoms with Crippen LogP contribution in [0.4, 0.5) is 0 Å². The summed E-state index contributed by atoms with van der Waals surface area (Å²) in [5.74, 6) is 0. The van der Waals surface area contributed by atoms with E-state index in [1.807, 2.05) is 24.3 Å². The summed E-state index contributed by atoms with van der Waals surface area (Å²) in [7, 11) is 0. The Hall–Kier alpha value is -2.91. The van der Waals surface area contributed by atoms with E-state index >= 15 is 0 Å².